The third-order valence-corrected chi connectivity index (χ3v) is 5.08. The minimum atomic E-state index is -0.542. The number of amides is 2. The quantitative estimate of drug-likeness (QED) is 0.575. The maximum atomic E-state index is 12.0. The molecule has 0 aliphatic carbocycles. The monoisotopic (exact) mass is 491 g/mol. The van der Waals surface area contributed by atoms with Crippen molar-refractivity contribution in [3.8, 4) is 11.6 Å². The maximum absolute atomic E-state index is 12.0. The Morgan fingerprint density at radius 1 is 1.18 bits per heavy atom. The number of carbonyl (C=O) groups is 2. The van der Waals surface area contributed by atoms with Crippen molar-refractivity contribution in [3.63, 3.8) is 0 Å². The van der Waals surface area contributed by atoms with Crippen molar-refractivity contribution in [1.29, 1.82) is 0 Å². The number of piperidine rings is 1. The highest BCUT2D eigenvalue weighted by Crippen LogP contribution is 2.25. The summed E-state index contributed by atoms with van der Waals surface area (Å²) in [4.78, 5) is 34.1. The van der Waals surface area contributed by atoms with Gasteiger partial charge in [-0.3, -0.25) is 0 Å². The molecule has 10 nitrogen and oxygen atoms in total. The topological polar surface area (TPSA) is 115 Å². The van der Waals surface area contributed by atoms with E-state index in [0.29, 0.717) is 11.3 Å². The van der Waals surface area contributed by atoms with Crippen LogP contribution in [0.2, 0.25) is 5.15 Å². The lowest BCUT2D eigenvalue weighted by atomic mass is 10.1. The summed E-state index contributed by atoms with van der Waals surface area (Å²) in [5.41, 5.74) is 0.131. The highest BCUT2D eigenvalue weighted by molar-refractivity contribution is 6.29. The molecule has 0 spiro atoms. The molecule has 2 aromatic heterocycles. The molecule has 0 aromatic carbocycles. The number of alkyl carbamates (subject to hydrolysis) is 2. The molecule has 11 heteroatoms. The van der Waals surface area contributed by atoms with Gasteiger partial charge in [-0.25, -0.2) is 19.6 Å². The maximum Gasteiger partial charge on any atom is 0.407 e. The molecule has 1 fully saturated rings. The fraction of sp³-hybridized carbons (Fsp3) is 0.478. The lowest BCUT2D eigenvalue weighted by Gasteiger charge is -2.33. The molecular formula is C23H30ClN5O5. The number of aromatic nitrogens is 2. The Labute approximate surface area is 203 Å². The van der Waals surface area contributed by atoms with Gasteiger partial charge >= 0.3 is 12.2 Å². The van der Waals surface area contributed by atoms with Crippen LogP contribution in [-0.4, -0.2) is 53.9 Å². The van der Waals surface area contributed by atoms with Gasteiger partial charge in [0.15, 0.2) is 0 Å². The van der Waals surface area contributed by atoms with E-state index in [9.17, 15) is 9.59 Å². The molecule has 0 bridgehead atoms. The number of carbonyl (C=O) groups excluding carboxylic acids is 2. The zero-order valence-electron chi connectivity index (χ0n) is 19.8. The van der Waals surface area contributed by atoms with Crippen LogP contribution in [0.25, 0.3) is 0 Å². The predicted molar refractivity (Wildman–Crippen MR) is 127 cm³/mol. The van der Waals surface area contributed by atoms with E-state index in [2.05, 4.69) is 25.5 Å². The van der Waals surface area contributed by atoms with Crippen molar-refractivity contribution in [2.75, 3.05) is 25.0 Å². The number of ether oxygens (including phenoxy) is 3. The summed E-state index contributed by atoms with van der Waals surface area (Å²) < 4.78 is 16.1. The number of rotatable bonds is 6. The number of nitrogens with zero attached hydrogens (tertiary/aromatic N) is 3. The van der Waals surface area contributed by atoms with Crippen LogP contribution in [0, 0.1) is 0 Å². The van der Waals surface area contributed by atoms with Crippen molar-refractivity contribution in [2.45, 2.75) is 51.9 Å². The van der Waals surface area contributed by atoms with Gasteiger partial charge in [0.2, 0.25) is 5.88 Å². The standard InChI is InChI=1S/C23H30ClN5O5/c1-23(2,3)34-22(31)27-16-7-9-29(10-8-16)19-6-5-17(13-26-19)33-20-12-15(11-18(24)28-20)14-32-21(30)25-4/h5-6,11-13,16H,7-10,14H2,1-4H3,(H,25,30)(H,27,31). The minimum absolute atomic E-state index is 0.0359. The van der Waals surface area contributed by atoms with Crippen LogP contribution in [0.4, 0.5) is 15.4 Å². The average molecular weight is 492 g/mol. The molecular weight excluding hydrogens is 462 g/mol. The van der Waals surface area contributed by atoms with E-state index in [0.717, 1.165) is 31.7 Å². The molecule has 0 saturated carbocycles. The van der Waals surface area contributed by atoms with Crippen LogP contribution in [0.15, 0.2) is 30.5 Å². The van der Waals surface area contributed by atoms with E-state index in [4.69, 9.17) is 25.8 Å². The largest absolute Gasteiger partial charge is 0.445 e. The third-order valence-electron chi connectivity index (χ3n) is 4.89. The smallest absolute Gasteiger partial charge is 0.407 e. The second-order valence-corrected chi connectivity index (χ2v) is 9.21. The van der Waals surface area contributed by atoms with Crippen LogP contribution in [0.5, 0.6) is 11.6 Å². The summed E-state index contributed by atoms with van der Waals surface area (Å²) in [5, 5.41) is 5.53. The third kappa shape index (κ3) is 7.95. The molecule has 3 rings (SSSR count). The van der Waals surface area contributed by atoms with Gasteiger partial charge in [0, 0.05) is 32.2 Å². The molecule has 34 heavy (non-hydrogen) atoms. The zero-order chi connectivity index (χ0) is 24.7. The molecule has 0 atom stereocenters. The first-order chi connectivity index (χ1) is 16.1. The number of anilines is 1. The molecule has 2 aromatic rings. The Hall–Kier alpha value is -3.27. The first-order valence-electron chi connectivity index (χ1n) is 11.0. The SMILES string of the molecule is CNC(=O)OCc1cc(Cl)nc(Oc2ccc(N3CCC(NC(=O)OC(C)(C)C)CC3)nc2)c1. The first kappa shape index (κ1) is 25.4. The zero-order valence-corrected chi connectivity index (χ0v) is 20.5. The van der Waals surface area contributed by atoms with Crippen molar-refractivity contribution < 1.29 is 23.8 Å². The number of halogens is 1. The van der Waals surface area contributed by atoms with E-state index in [1.807, 2.05) is 26.8 Å². The highest BCUT2D eigenvalue weighted by Gasteiger charge is 2.24. The summed E-state index contributed by atoms with van der Waals surface area (Å²) >= 11 is 6.06. The molecule has 3 heterocycles. The fourth-order valence-corrected chi connectivity index (χ4v) is 3.57. The summed E-state index contributed by atoms with van der Waals surface area (Å²) in [7, 11) is 1.48. The number of hydrogen-bond donors (Lipinski definition) is 2. The van der Waals surface area contributed by atoms with E-state index in [1.54, 1.807) is 24.4 Å². The second kappa shape index (κ2) is 11.2. The summed E-state index contributed by atoms with van der Waals surface area (Å²) in [5.74, 6) is 1.59. The Morgan fingerprint density at radius 2 is 1.91 bits per heavy atom. The molecule has 0 unspecified atom stereocenters. The van der Waals surface area contributed by atoms with Gasteiger partial charge in [-0.2, -0.15) is 0 Å². The van der Waals surface area contributed by atoms with Gasteiger partial charge in [0.05, 0.1) is 6.20 Å². The lowest BCUT2D eigenvalue weighted by Crippen LogP contribution is -2.46. The van der Waals surface area contributed by atoms with E-state index >= 15 is 0 Å². The lowest BCUT2D eigenvalue weighted by molar-refractivity contribution is 0.0497. The Bertz CT molecular complexity index is 988. The molecule has 2 amide bonds. The summed E-state index contributed by atoms with van der Waals surface area (Å²) in [6.07, 6.45) is 2.28. The van der Waals surface area contributed by atoms with Crippen molar-refractivity contribution >= 4 is 29.6 Å². The van der Waals surface area contributed by atoms with E-state index in [-0.39, 0.29) is 29.8 Å². The van der Waals surface area contributed by atoms with Gasteiger partial charge < -0.3 is 29.7 Å². The first-order valence-corrected chi connectivity index (χ1v) is 11.4. The summed E-state index contributed by atoms with van der Waals surface area (Å²) in [6.45, 7) is 7.09. The number of hydrogen-bond acceptors (Lipinski definition) is 8. The second-order valence-electron chi connectivity index (χ2n) is 8.82. The van der Waals surface area contributed by atoms with E-state index in [1.165, 1.54) is 7.05 Å². The van der Waals surface area contributed by atoms with Crippen molar-refractivity contribution in [1.82, 2.24) is 20.6 Å². The average Bonchev–Trinajstić information content (AvgIpc) is 2.77. The van der Waals surface area contributed by atoms with Gasteiger partial charge in [-0.1, -0.05) is 11.6 Å². The van der Waals surface area contributed by atoms with Crippen molar-refractivity contribution in [3.05, 3.63) is 41.2 Å². The minimum Gasteiger partial charge on any atom is -0.445 e. The van der Waals surface area contributed by atoms with Crippen LogP contribution >= 0.6 is 11.6 Å². The normalized spacial score (nSPS) is 14.3. The number of pyridine rings is 2. The van der Waals surface area contributed by atoms with Crippen LogP contribution < -0.4 is 20.3 Å². The molecule has 2 N–H and O–H groups in total. The molecule has 0 radical (unpaired) electrons. The van der Waals surface area contributed by atoms with Gasteiger partial charge in [-0.15, -0.1) is 0 Å². The highest BCUT2D eigenvalue weighted by atomic mass is 35.5. The Balaban J connectivity index is 1.52. The van der Waals surface area contributed by atoms with Gasteiger partial charge in [0.1, 0.15) is 28.9 Å². The predicted octanol–water partition coefficient (Wildman–Crippen LogP) is 4.27. The Morgan fingerprint density at radius 3 is 2.53 bits per heavy atom. The van der Waals surface area contributed by atoms with Crippen molar-refractivity contribution in [2.24, 2.45) is 0 Å². The van der Waals surface area contributed by atoms with Crippen LogP contribution in [-0.2, 0) is 16.1 Å². The summed E-state index contributed by atoms with van der Waals surface area (Å²) in [6, 6.07) is 6.99. The molecule has 184 valence electrons. The molecule has 1 aliphatic heterocycles. The number of nitrogens with one attached hydrogen (secondary N) is 2. The van der Waals surface area contributed by atoms with Crippen LogP contribution in [0.1, 0.15) is 39.2 Å². The Kier molecular flexibility index (Phi) is 8.38. The van der Waals surface area contributed by atoms with Crippen LogP contribution in [0.3, 0.4) is 0 Å². The van der Waals surface area contributed by atoms with Gasteiger partial charge in [0.25, 0.3) is 0 Å². The molecule has 1 saturated heterocycles. The van der Waals surface area contributed by atoms with Gasteiger partial charge in [-0.05, 0) is 57.4 Å². The molecule has 1 aliphatic rings. The van der Waals surface area contributed by atoms with E-state index < -0.39 is 11.7 Å². The fourth-order valence-electron chi connectivity index (χ4n) is 3.35.